The molecule has 8 heteroatoms. The molecule has 0 bridgehead atoms. The Morgan fingerprint density at radius 2 is 2.19 bits per heavy atom. The summed E-state index contributed by atoms with van der Waals surface area (Å²) in [7, 11) is 0. The maximum Gasteiger partial charge on any atom is 0.253 e. The van der Waals surface area contributed by atoms with E-state index in [0.717, 1.165) is 25.9 Å². The average Bonchev–Trinajstić information content (AvgIpc) is 2.03. The van der Waals surface area contributed by atoms with E-state index in [-0.39, 0.29) is 6.04 Å². The lowest BCUT2D eigenvalue weighted by Crippen LogP contribution is -2.66. The third kappa shape index (κ3) is 2.57. The summed E-state index contributed by atoms with van der Waals surface area (Å²) in [6, 6.07) is -0.00116. The van der Waals surface area contributed by atoms with Crippen molar-refractivity contribution in [2.75, 3.05) is 19.6 Å². The van der Waals surface area contributed by atoms with Crippen LogP contribution >= 0.6 is 0 Å². The zero-order chi connectivity index (χ0) is 11.8. The van der Waals surface area contributed by atoms with Gasteiger partial charge in [-0.1, -0.05) is 0 Å². The number of halogens is 2. The minimum atomic E-state index is -2.66. The number of hydrogen-bond donors (Lipinski definition) is 2. The van der Waals surface area contributed by atoms with Crippen molar-refractivity contribution in [3.8, 4) is 0 Å². The van der Waals surface area contributed by atoms with Crippen LogP contribution in [0.15, 0.2) is 0 Å². The predicted molar refractivity (Wildman–Crippen MR) is 53.1 cm³/mol. The van der Waals surface area contributed by atoms with Crippen LogP contribution in [0.1, 0.15) is 12.8 Å². The molecule has 1 heterocycles. The summed E-state index contributed by atoms with van der Waals surface area (Å²) in [5.74, 6) is 0. The molecule has 0 aromatic heterocycles. The Kier molecular flexibility index (Phi) is 3.55. The van der Waals surface area contributed by atoms with Gasteiger partial charge in [0.25, 0.3) is 6.43 Å². The van der Waals surface area contributed by atoms with E-state index in [9.17, 15) is 17.5 Å². The highest BCUT2D eigenvalue weighted by Gasteiger charge is 2.48. The van der Waals surface area contributed by atoms with Crippen molar-refractivity contribution >= 4 is 11.3 Å². The minimum absolute atomic E-state index is 0.00116. The normalized spacial score (nSPS) is 25.8. The van der Waals surface area contributed by atoms with Crippen LogP contribution in [0.2, 0.25) is 0 Å². The lowest BCUT2D eigenvalue weighted by atomic mass is 9.62. The Bertz CT molecular complexity index is 280. The zero-order valence-electron chi connectivity index (χ0n) is 8.62. The fourth-order valence-electron chi connectivity index (χ4n) is 2.33. The minimum Gasteiger partial charge on any atom is -0.759 e. The Balaban J connectivity index is 1.76. The molecule has 0 aromatic rings. The molecule has 1 aliphatic carbocycles. The lowest BCUT2D eigenvalue weighted by molar-refractivity contribution is -0.00514. The van der Waals surface area contributed by atoms with Gasteiger partial charge in [-0.25, -0.2) is 14.2 Å². The Morgan fingerprint density at radius 3 is 2.56 bits per heavy atom. The second-order valence-corrected chi connectivity index (χ2v) is 5.38. The van der Waals surface area contributed by atoms with Gasteiger partial charge in [-0.2, -0.15) is 4.41 Å². The second kappa shape index (κ2) is 4.61. The maximum atomic E-state index is 12.1. The van der Waals surface area contributed by atoms with Gasteiger partial charge in [0.05, 0.1) is 6.54 Å². The summed E-state index contributed by atoms with van der Waals surface area (Å²) in [5, 5.41) is 3.15. The fraction of sp³-hybridized carbons (Fsp3) is 1.00. The van der Waals surface area contributed by atoms with Gasteiger partial charge in [0, 0.05) is 30.4 Å². The molecule has 1 unspecified atom stereocenters. The van der Waals surface area contributed by atoms with Gasteiger partial charge in [0.1, 0.15) is 0 Å². The number of rotatable bonds is 5. The van der Waals surface area contributed by atoms with Crippen molar-refractivity contribution in [3.63, 3.8) is 0 Å². The highest BCUT2D eigenvalue weighted by atomic mass is 32.2. The molecule has 1 spiro atoms. The smallest absolute Gasteiger partial charge is 0.253 e. The highest BCUT2D eigenvalue weighted by molar-refractivity contribution is 7.76. The summed E-state index contributed by atoms with van der Waals surface area (Å²) in [6.45, 7) is 1.10. The lowest BCUT2D eigenvalue weighted by Gasteiger charge is -2.55. The van der Waals surface area contributed by atoms with E-state index >= 15 is 0 Å². The van der Waals surface area contributed by atoms with E-state index in [0.29, 0.717) is 9.83 Å². The number of alkyl halides is 2. The Labute approximate surface area is 95.0 Å². The molecule has 16 heavy (non-hydrogen) atoms. The van der Waals surface area contributed by atoms with Gasteiger partial charge in [-0.3, -0.25) is 4.21 Å². The van der Waals surface area contributed by atoms with Gasteiger partial charge in [-0.05, 0) is 18.3 Å². The van der Waals surface area contributed by atoms with Crippen molar-refractivity contribution in [1.29, 1.82) is 0 Å². The summed E-state index contributed by atoms with van der Waals surface area (Å²) < 4.78 is 46.1. The van der Waals surface area contributed by atoms with E-state index in [4.69, 9.17) is 0 Å². The van der Waals surface area contributed by atoms with E-state index < -0.39 is 24.2 Å². The van der Waals surface area contributed by atoms with Crippen LogP contribution < -0.4 is 10.7 Å². The molecule has 1 aliphatic heterocycles. The summed E-state index contributed by atoms with van der Waals surface area (Å²) in [5.41, 5.74) is 2.91. The third-order valence-corrected chi connectivity index (χ3v) is 3.78. The summed E-state index contributed by atoms with van der Waals surface area (Å²) in [4.78, 5) is 0. The molecule has 0 aromatic carbocycles. The molecular weight excluding hydrogens is 240 g/mol. The highest BCUT2D eigenvalue weighted by Crippen LogP contribution is 2.44. The zero-order valence-corrected chi connectivity index (χ0v) is 9.43. The predicted octanol–water partition coefficient (Wildman–Crippen LogP) is -0.396. The molecule has 1 saturated carbocycles. The molecule has 5 nitrogen and oxygen atoms in total. The van der Waals surface area contributed by atoms with Crippen LogP contribution in [0.5, 0.6) is 0 Å². The first-order chi connectivity index (χ1) is 7.51. The monoisotopic (exact) mass is 254 g/mol. The molecule has 0 amide bonds. The largest absolute Gasteiger partial charge is 0.759 e. The molecule has 1 atom stereocenters. The molecule has 0 radical (unpaired) electrons. The van der Waals surface area contributed by atoms with E-state index in [1.54, 1.807) is 0 Å². The van der Waals surface area contributed by atoms with Crippen LogP contribution in [0.3, 0.4) is 0 Å². The maximum absolute atomic E-state index is 12.1. The second-order valence-electron chi connectivity index (χ2n) is 4.51. The molecule has 94 valence electrons. The van der Waals surface area contributed by atoms with Crippen molar-refractivity contribution in [2.24, 2.45) is 5.41 Å². The van der Waals surface area contributed by atoms with Crippen LogP contribution in [0.4, 0.5) is 8.78 Å². The molecule has 2 rings (SSSR count). The van der Waals surface area contributed by atoms with Gasteiger partial charge < -0.3 is 9.87 Å². The van der Waals surface area contributed by atoms with E-state index in [2.05, 4.69) is 10.7 Å². The van der Waals surface area contributed by atoms with Gasteiger partial charge in [0.15, 0.2) is 0 Å². The standard InChI is InChI=1S/C8H15F2N3O2S/c9-7(10)3-13(16(14)15)12-6-1-8(2-6)4-11-5-8/h6-7,11-12H,1-5H2,(H,14,15)/p-1. The van der Waals surface area contributed by atoms with Crippen molar-refractivity contribution in [2.45, 2.75) is 25.3 Å². The number of hydrazine groups is 1. The third-order valence-electron chi connectivity index (χ3n) is 3.17. The first kappa shape index (κ1) is 12.3. The molecule has 1 saturated heterocycles. The van der Waals surface area contributed by atoms with E-state index in [1.165, 1.54) is 0 Å². The topological polar surface area (TPSA) is 67.4 Å². The molecular formula is C8H14F2N3O2S-. The average molecular weight is 254 g/mol. The van der Waals surface area contributed by atoms with Crippen molar-refractivity contribution < 1.29 is 17.5 Å². The molecule has 2 fully saturated rings. The number of nitrogens with one attached hydrogen (secondary N) is 2. The van der Waals surface area contributed by atoms with E-state index in [1.807, 2.05) is 0 Å². The Morgan fingerprint density at radius 1 is 1.56 bits per heavy atom. The van der Waals surface area contributed by atoms with Crippen LogP contribution in [0.25, 0.3) is 0 Å². The quantitative estimate of drug-likeness (QED) is 0.518. The van der Waals surface area contributed by atoms with Crippen LogP contribution in [0, 0.1) is 5.41 Å². The first-order valence-corrected chi connectivity index (χ1v) is 6.16. The van der Waals surface area contributed by atoms with Crippen molar-refractivity contribution in [3.05, 3.63) is 0 Å². The Hall–Kier alpha value is -0.150. The van der Waals surface area contributed by atoms with Crippen LogP contribution in [-0.2, 0) is 11.3 Å². The SMILES string of the molecule is O=S([O-])N(CC(F)F)NC1CC2(CNC2)C1. The molecule has 2 N–H and O–H groups in total. The van der Waals surface area contributed by atoms with Gasteiger partial charge in [0.2, 0.25) is 0 Å². The van der Waals surface area contributed by atoms with Crippen LogP contribution in [-0.4, -0.2) is 45.3 Å². The first-order valence-electron chi connectivity index (χ1n) is 5.13. The van der Waals surface area contributed by atoms with Gasteiger partial charge in [-0.15, -0.1) is 0 Å². The van der Waals surface area contributed by atoms with Crippen molar-refractivity contribution in [1.82, 2.24) is 15.2 Å². The number of hydrogen-bond acceptors (Lipinski definition) is 4. The van der Waals surface area contributed by atoms with Gasteiger partial charge >= 0.3 is 0 Å². The molecule has 2 aliphatic rings. The number of nitrogens with zero attached hydrogens (tertiary/aromatic N) is 1. The summed E-state index contributed by atoms with van der Waals surface area (Å²) >= 11 is -2.64. The summed E-state index contributed by atoms with van der Waals surface area (Å²) in [6.07, 6.45) is -0.974. The fourth-order valence-corrected chi connectivity index (χ4v) is 2.80.